The molecule has 1 aliphatic carbocycles. The van der Waals surface area contributed by atoms with Gasteiger partial charge < -0.3 is 19.9 Å². The molecule has 3 amide bonds. The van der Waals surface area contributed by atoms with Crippen LogP contribution in [0, 0.1) is 11.7 Å². The predicted molar refractivity (Wildman–Crippen MR) is 152 cm³/mol. The highest BCUT2D eigenvalue weighted by Gasteiger charge is 2.35. The van der Waals surface area contributed by atoms with Gasteiger partial charge in [0.1, 0.15) is 12.4 Å². The zero-order valence-corrected chi connectivity index (χ0v) is 23.2. The van der Waals surface area contributed by atoms with Crippen LogP contribution >= 0.6 is 0 Å². The van der Waals surface area contributed by atoms with E-state index in [1.807, 2.05) is 42.2 Å². The van der Waals surface area contributed by atoms with Crippen LogP contribution in [0.25, 0.3) is 11.3 Å². The van der Waals surface area contributed by atoms with Crippen molar-refractivity contribution >= 4 is 17.9 Å². The lowest BCUT2D eigenvalue weighted by molar-refractivity contribution is -0.139. The number of piperazine rings is 1. The second-order valence-corrected chi connectivity index (χ2v) is 10.8. The fraction of sp³-hybridized carbons (Fsp3) is 0.375. The average Bonchev–Trinajstić information content (AvgIpc) is 3.00. The molecule has 3 aromatic rings. The van der Waals surface area contributed by atoms with E-state index in [1.165, 1.54) is 18.3 Å². The summed E-state index contributed by atoms with van der Waals surface area (Å²) in [5.41, 5.74) is 2.63. The Hall–Kier alpha value is -4.27. The lowest BCUT2D eigenvalue weighted by atomic mass is 9.84. The number of carbonyl (C=O) groups is 3. The van der Waals surface area contributed by atoms with Gasteiger partial charge in [-0.05, 0) is 62.4 Å². The molecule has 2 aliphatic rings. The number of nitrogens with zero attached hydrogens (tertiary/aromatic N) is 3. The fourth-order valence-corrected chi connectivity index (χ4v) is 5.59. The lowest BCUT2D eigenvalue weighted by Crippen LogP contribution is -2.56. The van der Waals surface area contributed by atoms with E-state index in [4.69, 9.17) is 4.74 Å². The number of carbonyl (C=O) groups excluding carboxylic acids is 3. The van der Waals surface area contributed by atoms with E-state index in [0.29, 0.717) is 49.3 Å². The number of pyridine rings is 1. The predicted octanol–water partition coefficient (Wildman–Crippen LogP) is 5.05. The molecule has 9 heteroatoms. The topological polar surface area (TPSA) is 91.8 Å². The summed E-state index contributed by atoms with van der Waals surface area (Å²) in [5, 5.41) is 3.07. The van der Waals surface area contributed by atoms with Gasteiger partial charge in [-0.15, -0.1) is 0 Å². The Kier molecular flexibility index (Phi) is 8.91. The Bertz CT molecular complexity index is 1360. The number of aromatic nitrogens is 1. The molecular formula is C32H35FN4O4. The van der Waals surface area contributed by atoms with Gasteiger partial charge in [0.2, 0.25) is 5.91 Å². The van der Waals surface area contributed by atoms with Crippen molar-refractivity contribution in [1.29, 1.82) is 0 Å². The number of benzene rings is 2. The van der Waals surface area contributed by atoms with E-state index in [9.17, 15) is 18.8 Å². The molecule has 1 N–H and O–H groups in total. The normalized spacial score (nSPS) is 20.8. The summed E-state index contributed by atoms with van der Waals surface area (Å²) < 4.78 is 19.0. The molecule has 1 atom stereocenters. The van der Waals surface area contributed by atoms with Gasteiger partial charge >= 0.3 is 6.09 Å². The zero-order valence-electron chi connectivity index (χ0n) is 23.2. The lowest BCUT2D eigenvalue weighted by Gasteiger charge is -2.41. The first kappa shape index (κ1) is 28.3. The molecule has 0 unspecified atom stereocenters. The van der Waals surface area contributed by atoms with Crippen molar-refractivity contribution in [2.75, 3.05) is 19.6 Å². The van der Waals surface area contributed by atoms with Gasteiger partial charge in [0, 0.05) is 49.4 Å². The van der Waals surface area contributed by atoms with Crippen LogP contribution in [0.5, 0.6) is 0 Å². The molecule has 1 saturated carbocycles. The Balaban J connectivity index is 1.06. The molecule has 2 aromatic carbocycles. The van der Waals surface area contributed by atoms with Gasteiger partial charge in [-0.3, -0.25) is 14.6 Å². The van der Waals surface area contributed by atoms with Gasteiger partial charge in [-0.2, -0.15) is 0 Å². The maximum atomic E-state index is 13.5. The minimum Gasteiger partial charge on any atom is -0.445 e. The third-order valence-electron chi connectivity index (χ3n) is 7.94. The molecule has 2 heterocycles. The molecule has 5 rings (SSSR count). The first-order valence-corrected chi connectivity index (χ1v) is 14.2. The minimum absolute atomic E-state index is 0.00963. The number of halogens is 1. The van der Waals surface area contributed by atoms with Crippen molar-refractivity contribution in [3.05, 3.63) is 89.9 Å². The molecule has 0 radical (unpaired) electrons. The Morgan fingerprint density at radius 3 is 2.44 bits per heavy atom. The first-order valence-electron chi connectivity index (χ1n) is 14.2. The molecule has 1 aromatic heterocycles. The quantitative estimate of drug-likeness (QED) is 0.458. The second-order valence-electron chi connectivity index (χ2n) is 10.8. The van der Waals surface area contributed by atoms with Crippen molar-refractivity contribution in [3.63, 3.8) is 0 Å². The fourth-order valence-electron chi connectivity index (χ4n) is 5.59. The Labute approximate surface area is 239 Å². The average molecular weight is 559 g/mol. The number of ether oxygens (including phenoxy) is 1. The van der Waals surface area contributed by atoms with E-state index in [2.05, 4.69) is 10.3 Å². The number of hydrogen-bond acceptors (Lipinski definition) is 5. The summed E-state index contributed by atoms with van der Waals surface area (Å²) >= 11 is 0. The van der Waals surface area contributed by atoms with Gasteiger partial charge in [-0.25, -0.2) is 9.18 Å². The number of rotatable bonds is 6. The number of amides is 3. The van der Waals surface area contributed by atoms with E-state index in [0.717, 1.165) is 18.4 Å². The number of hydrogen-bond donors (Lipinski definition) is 1. The van der Waals surface area contributed by atoms with Crippen molar-refractivity contribution in [2.45, 2.75) is 51.3 Å². The highest BCUT2D eigenvalue weighted by atomic mass is 19.1. The Morgan fingerprint density at radius 1 is 0.976 bits per heavy atom. The molecule has 1 saturated heterocycles. The summed E-state index contributed by atoms with van der Waals surface area (Å²) in [6, 6.07) is 19.0. The maximum absolute atomic E-state index is 13.5. The summed E-state index contributed by atoms with van der Waals surface area (Å²) in [6.07, 6.45) is 3.99. The molecule has 2 fully saturated rings. The first-order chi connectivity index (χ1) is 19.9. The maximum Gasteiger partial charge on any atom is 0.410 e. The van der Waals surface area contributed by atoms with Crippen LogP contribution in [0.3, 0.4) is 0 Å². The van der Waals surface area contributed by atoms with Crippen LogP contribution < -0.4 is 5.32 Å². The molecule has 214 valence electrons. The van der Waals surface area contributed by atoms with E-state index < -0.39 is 0 Å². The van der Waals surface area contributed by atoms with Gasteiger partial charge in [-0.1, -0.05) is 42.5 Å². The third-order valence-corrected chi connectivity index (χ3v) is 7.94. The standard InChI is InChI=1S/C32H35FN4O4/c1-22-20-36(16-17-37(22)32(40)41-21-23-6-3-2-4-7-23)31(39)24-10-13-28(14-11-24)35-30(38)26-12-15-29(34-19-26)25-8-5-9-27(33)18-25/h2-9,12,15,18-19,22,24,28H,10-11,13-14,16-17,20-21H2,1H3,(H,35,38)/t22-,24-,28-/m1/s1. The van der Waals surface area contributed by atoms with Crippen molar-refractivity contribution < 1.29 is 23.5 Å². The van der Waals surface area contributed by atoms with Gasteiger partial charge in [0.15, 0.2) is 0 Å². The Morgan fingerprint density at radius 2 is 1.76 bits per heavy atom. The van der Waals surface area contributed by atoms with Crippen molar-refractivity contribution in [2.24, 2.45) is 5.92 Å². The largest absolute Gasteiger partial charge is 0.445 e. The summed E-state index contributed by atoms with van der Waals surface area (Å²) in [4.78, 5) is 46.6. The highest BCUT2D eigenvalue weighted by molar-refractivity contribution is 5.94. The van der Waals surface area contributed by atoms with Crippen LogP contribution in [0.1, 0.15) is 48.5 Å². The van der Waals surface area contributed by atoms with E-state index in [-0.39, 0.29) is 48.3 Å². The van der Waals surface area contributed by atoms with Gasteiger partial charge in [0.05, 0.1) is 11.3 Å². The summed E-state index contributed by atoms with van der Waals surface area (Å²) in [6.45, 7) is 3.57. The van der Waals surface area contributed by atoms with Crippen molar-refractivity contribution in [1.82, 2.24) is 20.1 Å². The smallest absolute Gasteiger partial charge is 0.410 e. The van der Waals surface area contributed by atoms with Crippen LogP contribution in [0.4, 0.5) is 9.18 Å². The molecule has 0 spiro atoms. The SMILES string of the molecule is C[C@@H]1CN(C(=O)[C@H]2CC[C@H](NC(=O)c3ccc(-c4cccc(F)c4)nc3)CC2)CCN1C(=O)OCc1ccccc1. The zero-order chi connectivity index (χ0) is 28.8. The number of nitrogens with one attached hydrogen (secondary N) is 1. The van der Waals surface area contributed by atoms with Crippen LogP contribution in [-0.4, -0.2) is 64.4 Å². The molecule has 8 nitrogen and oxygen atoms in total. The van der Waals surface area contributed by atoms with E-state index in [1.54, 1.807) is 29.2 Å². The van der Waals surface area contributed by atoms with E-state index >= 15 is 0 Å². The third kappa shape index (κ3) is 7.09. The van der Waals surface area contributed by atoms with Gasteiger partial charge in [0.25, 0.3) is 5.91 Å². The summed E-state index contributed by atoms with van der Waals surface area (Å²) in [5.74, 6) is -0.506. The summed E-state index contributed by atoms with van der Waals surface area (Å²) in [7, 11) is 0. The highest BCUT2D eigenvalue weighted by Crippen LogP contribution is 2.28. The molecular weight excluding hydrogens is 523 g/mol. The molecule has 1 aliphatic heterocycles. The van der Waals surface area contributed by atoms with Crippen LogP contribution in [0.15, 0.2) is 72.9 Å². The van der Waals surface area contributed by atoms with Crippen LogP contribution in [-0.2, 0) is 16.1 Å². The minimum atomic E-state index is -0.358. The second kappa shape index (κ2) is 12.9. The molecule has 41 heavy (non-hydrogen) atoms. The van der Waals surface area contributed by atoms with Crippen LogP contribution in [0.2, 0.25) is 0 Å². The van der Waals surface area contributed by atoms with Crippen molar-refractivity contribution in [3.8, 4) is 11.3 Å². The monoisotopic (exact) mass is 558 g/mol. The molecule has 0 bridgehead atoms.